The Hall–Kier alpha value is -1.70. The van der Waals surface area contributed by atoms with Gasteiger partial charge in [0.2, 0.25) is 0 Å². The van der Waals surface area contributed by atoms with Crippen LogP contribution in [0.4, 0.5) is 4.79 Å². The van der Waals surface area contributed by atoms with Crippen molar-refractivity contribution in [2.45, 2.75) is 32.7 Å². The molecule has 0 aliphatic rings. The van der Waals surface area contributed by atoms with Crippen LogP contribution in [0.5, 0.6) is 0 Å². The number of nitrogens with zero attached hydrogens (tertiary/aromatic N) is 4. The van der Waals surface area contributed by atoms with E-state index in [4.69, 9.17) is 5.11 Å². The molecule has 0 amide bonds. The molecule has 0 fully saturated rings. The van der Waals surface area contributed by atoms with Gasteiger partial charge in [-0.3, -0.25) is 4.57 Å². The fraction of sp³-hybridized carbons (Fsp3) is 0.455. The molecular weight excluding hydrogens is 316 g/mol. The molecule has 0 spiro atoms. The van der Waals surface area contributed by atoms with Crippen LogP contribution in [0.15, 0.2) is 15.6 Å². The van der Waals surface area contributed by atoms with Crippen molar-refractivity contribution in [1.82, 2.24) is 19.1 Å². The average Bonchev–Trinajstić information content (AvgIpc) is 2.64. The van der Waals surface area contributed by atoms with Crippen LogP contribution in [0.1, 0.15) is 32.7 Å². The number of fused-ring (bicyclic) bond motifs is 1. The number of imidazole rings is 1. The highest BCUT2D eigenvalue weighted by atomic mass is 79.9. The maximum absolute atomic E-state index is 12.3. The molecule has 2 heterocycles. The van der Waals surface area contributed by atoms with Gasteiger partial charge in [-0.05, 0) is 28.8 Å². The molecule has 0 unspecified atom stereocenters. The van der Waals surface area contributed by atoms with Crippen LogP contribution in [0.3, 0.4) is 0 Å². The number of hydrogen-bond donors (Lipinski definition) is 1. The Balaban J connectivity index is 2.89. The predicted octanol–water partition coefficient (Wildman–Crippen LogP) is 2.24. The van der Waals surface area contributed by atoms with Crippen LogP contribution in [0.2, 0.25) is 0 Å². The van der Waals surface area contributed by atoms with Crippen molar-refractivity contribution in [1.29, 1.82) is 0 Å². The Morgan fingerprint density at radius 2 is 2.05 bits per heavy atom. The van der Waals surface area contributed by atoms with Crippen LogP contribution in [0, 0.1) is 0 Å². The van der Waals surface area contributed by atoms with Gasteiger partial charge in [-0.1, -0.05) is 13.8 Å². The summed E-state index contributed by atoms with van der Waals surface area (Å²) >= 11 is 3.18. The lowest BCUT2D eigenvalue weighted by Gasteiger charge is -2.13. The zero-order chi connectivity index (χ0) is 14.2. The third-order valence-corrected chi connectivity index (χ3v) is 3.42. The molecule has 1 N–H and O–H groups in total. The maximum Gasteiger partial charge on any atom is 0.421 e. The second-order valence-electron chi connectivity index (χ2n) is 4.08. The van der Waals surface area contributed by atoms with Crippen LogP contribution in [-0.4, -0.2) is 30.3 Å². The van der Waals surface area contributed by atoms with Crippen LogP contribution in [0.25, 0.3) is 11.3 Å². The molecule has 7 nitrogen and oxygen atoms in total. The molecule has 19 heavy (non-hydrogen) atoms. The highest BCUT2D eigenvalue weighted by Crippen LogP contribution is 2.20. The molecule has 0 saturated carbocycles. The van der Waals surface area contributed by atoms with Gasteiger partial charge in [-0.15, -0.1) is 0 Å². The molecule has 0 atom stereocenters. The van der Waals surface area contributed by atoms with Crippen molar-refractivity contribution >= 4 is 33.3 Å². The van der Waals surface area contributed by atoms with Crippen molar-refractivity contribution in [3.05, 3.63) is 21.3 Å². The second kappa shape index (κ2) is 5.12. The molecule has 2 aromatic heterocycles. The van der Waals surface area contributed by atoms with Gasteiger partial charge in [0.25, 0.3) is 0 Å². The van der Waals surface area contributed by atoms with Gasteiger partial charge in [0.15, 0.2) is 11.3 Å². The Labute approximate surface area is 117 Å². The summed E-state index contributed by atoms with van der Waals surface area (Å²) in [4.78, 5) is 31.6. The summed E-state index contributed by atoms with van der Waals surface area (Å²) in [7, 11) is 0. The Bertz CT molecular complexity index is 687. The summed E-state index contributed by atoms with van der Waals surface area (Å²) < 4.78 is 2.50. The minimum Gasteiger partial charge on any atom is -0.464 e. The Morgan fingerprint density at radius 1 is 1.42 bits per heavy atom. The molecule has 0 aromatic carbocycles. The predicted molar refractivity (Wildman–Crippen MR) is 72.5 cm³/mol. The maximum atomic E-state index is 12.3. The van der Waals surface area contributed by atoms with Gasteiger partial charge in [-0.2, -0.15) is 4.57 Å². The normalized spacial score (nSPS) is 11.4. The molecular formula is C11H13BrN4O3. The van der Waals surface area contributed by atoms with Gasteiger partial charge in [0, 0.05) is 6.04 Å². The van der Waals surface area contributed by atoms with Crippen molar-refractivity contribution in [3.8, 4) is 0 Å². The Kier molecular flexibility index (Phi) is 3.70. The smallest absolute Gasteiger partial charge is 0.421 e. The lowest BCUT2D eigenvalue weighted by molar-refractivity contribution is 0.196. The minimum absolute atomic E-state index is 0.0626. The number of carboxylic acid groups (broad SMARTS) is 1. The van der Waals surface area contributed by atoms with E-state index in [2.05, 4.69) is 25.9 Å². The van der Waals surface area contributed by atoms with Crippen LogP contribution in [-0.2, 0) is 0 Å². The lowest BCUT2D eigenvalue weighted by Crippen LogP contribution is -2.30. The van der Waals surface area contributed by atoms with E-state index in [0.29, 0.717) is 22.0 Å². The molecule has 102 valence electrons. The van der Waals surface area contributed by atoms with E-state index in [9.17, 15) is 9.59 Å². The molecule has 2 aromatic rings. The number of carbonyl (C=O) groups is 1. The van der Waals surface area contributed by atoms with Gasteiger partial charge < -0.3 is 5.11 Å². The topological polar surface area (TPSA) is 90.0 Å². The van der Waals surface area contributed by atoms with Gasteiger partial charge in [0.05, 0.1) is 6.20 Å². The van der Waals surface area contributed by atoms with Crippen molar-refractivity contribution < 1.29 is 9.90 Å². The highest BCUT2D eigenvalue weighted by molar-refractivity contribution is 9.10. The van der Waals surface area contributed by atoms with E-state index in [1.54, 1.807) is 0 Å². The monoisotopic (exact) mass is 328 g/mol. The molecule has 8 heteroatoms. The SMILES string of the molecule is CCC(CC)n1c(=O)n(C(=O)O)c2ncc(Br)nc21. The highest BCUT2D eigenvalue weighted by Gasteiger charge is 2.23. The van der Waals surface area contributed by atoms with Gasteiger partial charge >= 0.3 is 11.8 Å². The summed E-state index contributed by atoms with van der Waals surface area (Å²) in [5.74, 6) is 0. The lowest BCUT2D eigenvalue weighted by atomic mass is 10.2. The summed E-state index contributed by atoms with van der Waals surface area (Å²) in [6, 6.07) is -0.0980. The summed E-state index contributed by atoms with van der Waals surface area (Å²) in [5, 5.41) is 9.14. The van der Waals surface area contributed by atoms with Crippen molar-refractivity contribution in [2.75, 3.05) is 0 Å². The zero-order valence-electron chi connectivity index (χ0n) is 10.5. The zero-order valence-corrected chi connectivity index (χ0v) is 12.1. The fourth-order valence-corrected chi connectivity index (χ4v) is 2.39. The molecule has 0 saturated heterocycles. The number of aromatic nitrogens is 4. The summed E-state index contributed by atoms with van der Waals surface area (Å²) in [6.45, 7) is 3.88. The quantitative estimate of drug-likeness (QED) is 0.933. The Morgan fingerprint density at radius 3 is 2.58 bits per heavy atom. The summed E-state index contributed by atoms with van der Waals surface area (Å²) in [5.41, 5.74) is -0.266. The minimum atomic E-state index is -1.35. The largest absolute Gasteiger partial charge is 0.464 e. The van der Waals surface area contributed by atoms with Crippen molar-refractivity contribution in [2.24, 2.45) is 0 Å². The number of rotatable bonds is 3. The molecule has 0 aliphatic heterocycles. The standard InChI is InChI=1S/C11H13BrN4O3/c1-3-6(4-2)15-9-8(13-5-7(12)14-9)16(10(15)17)11(18)19/h5-6H,3-4H2,1-2H3,(H,18,19). The van der Waals surface area contributed by atoms with E-state index >= 15 is 0 Å². The van der Waals surface area contributed by atoms with E-state index in [1.165, 1.54) is 10.8 Å². The van der Waals surface area contributed by atoms with Crippen LogP contribution < -0.4 is 5.69 Å². The third-order valence-electron chi connectivity index (χ3n) is 3.04. The molecule has 2 rings (SSSR count). The summed E-state index contributed by atoms with van der Waals surface area (Å²) in [6.07, 6.45) is 1.45. The van der Waals surface area contributed by atoms with E-state index < -0.39 is 11.8 Å². The number of halogens is 1. The van der Waals surface area contributed by atoms with Crippen molar-refractivity contribution in [3.63, 3.8) is 0 Å². The average molecular weight is 329 g/mol. The first kappa shape index (κ1) is 13.7. The van der Waals surface area contributed by atoms with E-state index in [1.807, 2.05) is 13.8 Å². The van der Waals surface area contributed by atoms with E-state index in [0.717, 1.165) is 0 Å². The second-order valence-corrected chi connectivity index (χ2v) is 4.89. The van der Waals surface area contributed by atoms with E-state index in [-0.39, 0.29) is 17.3 Å². The molecule has 0 aliphatic carbocycles. The third kappa shape index (κ3) is 2.16. The van der Waals surface area contributed by atoms with Gasteiger partial charge in [0.1, 0.15) is 4.60 Å². The molecule has 0 bridgehead atoms. The first-order valence-corrected chi connectivity index (χ1v) is 6.69. The van der Waals surface area contributed by atoms with Crippen LogP contribution >= 0.6 is 15.9 Å². The molecule has 0 radical (unpaired) electrons. The number of hydrogen-bond acceptors (Lipinski definition) is 4. The first-order chi connectivity index (χ1) is 9.01. The first-order valence-electron chi connectivity index (χ1n) is 5.90. The fourth-order valence-electron chi connectivity index (χ4n) is 2.12. The van der Waals surface area contributed by atoms with Gasteiger partial charge in [-0.25, -0.2) is 19.6 Å².